The molecule has 2 atom stereocenters. The first-order valence-corrected chi connectivity index (χ1v) is 5.86. The molecule has 0 fully saturated rings. The summed E-state index contributed by atoms with van der Waals surface area (Å²) in [5.41, 5.74) is 2.33. The van der Waals surface area contributed by atoms with Gasteiger partial charge in [0, 0.05) is 6.04 Å². The maximum absolute atomic E-state index is 13.1. The van der Waals surface area contributed by atoms with Crippen molar-refractivity contribution in [3.8, 4) is 0 Å². The average Bonchev–Trinajstić information content (AvgIpc) is 2.60. The number of halogens is 1. The third kappa shape index (κ3) is 2.60. The lowest BCUT2D eigenvalue weighted by Gasteiger charge is -2.14. The van der Waals surface area contributed by atoms with Crippen molar-refractivity contribution in [1.82, 2.24) is 5.32 Å². The van der Waals surface area contributed by atoms with E-state index in [0.717, 1.165) is 31.4 Å². The van der Waals surface area contributed by atoms with Gasteiger partial charge >= 0.3 is 0 Å². The summed E-state index contributed by atoms with van der Waals surface area (Å²) in [6.07, 6.45) is 2.50. The van der Waals surface area contributed by atoms with Crippen molar-refractivity contribution < 1.29 is 9.50 Å². The highest BCUT2D eigenvalue weighted by Gasteiger charge is 2.22. The van der Waals surface area contributed by atoms with Gasteiger partial charge in [-0.05, 0) is 56.0 Å². The third-order valence-corrected chi connectivity index (χ3v) is 3.14. The van der Waals surface area contributed by atoms with Gasteiger partial charge in [-0.15, -0.1) is 0 Å². The summed E-state index contributed by atoms with van der Waals surface area (Å²) in [6, 6.07) is 5.28. The lowest BCUT2D eigenvalue weighted by Crippen LogP contribution is -2.23. The van der Waals surface area contributed by atoms with Gasteiger partial charge in [0.05, 0.1) is 6.10 Å². The van der Waals surface area contributed by atoms with Gasteiger partial charge in [0.15, 0.2) is 0 Å². The number of aliphatic hydroxyl groups is 1. The Morgan fingerprint density at radius 2 is 2.38 bits per heavy atom. The molecule has 16 heavy (non-hydrogen) atoms. The fourth-order valence-electron chi connectivity index (χ4n) is 2.25. The van der Waals surface area contributed by atoms with Crippen LogP contribution in [-0.4, -0.2) is 17.8 Å². The first-order valence-electron chi connectivity index (χ1n) is 5.86. The summed E-state index contributed by atoms with van der Waals surface area (Å²) in [7, 11) is 0. The van der Waals surface area contributed by atoms with E-state index in [-0.39, 0.29) is 18.0 Å². The highest BCUT2D eigenvalue weighted by atomic mass is 19.1. The Bertz CT molecular complexity index is 365. The van der Waals surface area contributed by atoms with Crippen LogP contribution in [0.1, 0.15) is 36.9 Å². The fourth-order valence-corrected chi connectivity index (χ4v) is 2.25. The van der Waals surface area contributed by atoms with Crippen molar-refractivity contribution in [2.45, 2.75) is 38.3 Å². The number of aryl methyl sites for hydroxylation is 1. The normalized spacial score (nSPS) is 20.8. The number of benzene rings is 1. The van der Waals surface area contributed by atoms with Crippen LogP contribution in [0.2, 0.25) is 0 Å². The van der Waals surface area contributed by atoms with Gasteiger partial charge in [-0.2, -0.15) is 0 Å². The van der Waals surface area contributed by atoms with Crippen LogP contribution < -0.4 is 5.32 Å². The van der Waals surface area contributed by atoms with Gasteiger partial charge in [0.25, 0.3) is 0 Å². The van der Waals surface area contributed by atoms with Crippen LogP contribution in [-0.2, 0) is 6.42 Å². The molecule has 1 aromatic carbocycles. The van der Waals surface area contributed by atoms with Gasteiger partial charge in [-0.3, -0.25) is 0 Å². The van der Waals surface area contributed by atoms with E-state index in [2.05, 4.69) is 5.32 Å². The quantitative estimate of drug-likeness (QED) is 0.820. The van der Waals surface area contributed by atoms with E-state index in [1.54, 1.807) is 13.0 Å². The molecular formula is C13H18FNO. The molecule has 3 heteroatoms. The maximum Gasteiger partial charge on any atom is 0.123 e. The number of aliphatic hydroxyl groups excluding tert-OH is 1. The highest BCUT2D eigenvalue weighted by Crippen LogP contribution is 2.31. The maximum atomic E-state index is 13.1. The van der Waals surface area contributed by atoms with Crippen molar-refractivity contribution in [3.63, 3.8) is 0 Å². The standard InChI is InChI=1S/C13H18FNO/c1-9(16)6-7-15-13-5-3-10-2-4-11(14)8-12(10)13/h2,4,8-9,13,15-16H,3,5-7H2,1H3. The molecule has 88 valence electrons. The minimum Gasteiger partial charge on any atom is -0.393 e. The van der Waals surface area contributed by atoms with Crippen LogP contribution in [0.5, 0.6) is 0 Å². The number of hydrogen-bond acceptors (Lipinski definition) is 2. The van der Waals surface area contributed by atoms with E-state index in [1.165, 1.54) is 11.6 Å². The van der Waals surface area contributed by atoms with E-state index < -0.39 is 0 Å². The summed E-state index contributed by atoms with van der Waals surface area (Å²) in [4.78, 5) is 0. The molecule has 1 aliphatic rings. The van der Waals surface area contributed by atoms with Crippen molar-refractivity contribution in [2.75, 3.05) is 6.54 Å². The zero-order chi connectivity index (χ0) is 11.5. The van der Waals surface area contributed by atoms with Crippen molar-refractivity contribution in [3.05, 3.63) is 35.1 Å². The van der Waals surface area contributed by atoms with Crippen LogP contribution >= 0.6 is 0 Å². The van der Waals surface area contributed by atoms with Crippen LogP contribution in [0.3, 0.4) is 0 Å². The molecule has 0 bridgehead atoms. The predicted octanol–water partition coefficient (Wildman–Crippen LogP) is 2.17. The SMILES string of the molecule is CC(O)CCNC1CCc2ccc(F)cc21. The minimum atomic E-state index is -0.277. The molecule has 1 aliphatic carbocycles. The Hall–Kier alpha value is -0.930. The van der Waals surface area contributed by atoms with Crippen LogP contribution in [0.15, 0.2) is 18.2 Å². The molecular weight excluding hydrogens is 205 g/mol. The second-order valence-corrected chi connectivity index (χ2v) is 4.53. The molecule has 0 amide bonds. The second-order valence-electron chi connectivity index (χ2n) is 4.53. The first-order chi connectivity index (χ1) is 7.66. The van der Waals surface area contributed by atoms with Gasteiger partial charge in [0.2, 0.25) is 0 Å². The monoisotopic (exact) mass is 223 g/mol. The summed E-state index contributed by atoms with van der Waals surface area (Å²) in [5, 5.41) is 12.5. The minimum absolute atomic E-state index is 0.164. The van der Waals surface area contributed by atoms with Crippen LogP contribution in [0.25, 0.3) is 0 Å². The summed E-state index contributed by atoms with van der Waals surface area (Å²) >= 11 is 0. The number of rotatable bonds is 4. The lowest BCUT2D eigenvalue weighted by molar-refractivity contribution is 0.182. The zero-order valence-electron chi connectivity index (χ0n) is 9.54. The Morgan fingerprint density at radius 1 is 1.56 bits per heavy atom. The van der Waals surface area contributed by atoms with Crippen molar-refractivity contribution in [1.29, 1.82) is 0 Å². The largest absolute Gasteiger partial charge is 0.393 e. The van der Waals surface area contributed by atoms with E-state index in [1.807, 2.05) is 6.07 Å². The molecule has 2 nitrogen and oxygen atoms in total. The Balaban J connectivity index is 1.97. The second kappa shape index (κ2) is 4.93. The van der Waals surface area contributed by atoms with Crippen LogP contribution in [0, 0.1) is 5.82 Å². The van der Waals surface area contributed by atoms with E-state index >= 15 is 0 Å². The number of nitrogens with one attached hydrogen (secondary N) is 1. The smallest absolute Gasteiger partial charge is 0.123 e. The van der Waals surface area contributed by atoms with E-state index in [4.69, 9.17) is 5.11 Å². The molecule has 2 rings (SSSR count). The lowest BCUT2D eigenvalue weighted by atomic mass is 10.1. The van der Waals surface area contributed by atoms with Gasteiger partial charge in [0.1, 0.15) is 5.82 Å². The zero-order valence-corrected chi connectivity index (χ0v) is 9.54. The summed E-state index contributed by atoms with van der Waals surface area (Å²) in [6.45, 7) is 2.56. The summed E-state index contributed by atoms with van der Waals surface area (Å²) in [5.74, 6) is -0.164. The average molecular weight is 223 g/mol. The third-order valence-electron chi connectivity index (χ3n) is 3.14. The molecule has 0 spiro atoms. The molecule has 0 saturated carbocycles. The first kappa shape index (κ1) is 11.6. The topological polar surface area (TPSA) is 32.3 Å². The van der Waals surface area contributed by atoms with E-state index in [9.17, 15) is 4.39 Å². The Kier molecular flexibility index (Phi) is 3.56. The van der Waals surface area contributed by atoms with E-state index in [0.29, 0.717) is 0 Å². The van der Waals surface area contributed by atoms with Crippen molar-refractivity contribution >= 4 is 0 Å². The molecule has 0 aliphatic heterocycles. The van der Waals surface area contributed by atoms with Crippen LogP contribution in [0.4, 0.5) is 4.39 Å². The Labute approximate surface area is 95.5 Å². The fraction of sp³-hybridized carbons (Fsp3) is 0.538. The van der Waals surface area contributed by atoms with Gasteiger partial charge in [-0.1, -0.05) is 6.07 Å². The Morgan fingerprint density at radius 3 is 3.12 bits per heavy atom. The molecule has 0 heterocycles. The number of hydrogen-bond donors (Lipinski definition) is 2. The molecule has 2 N–H and O–H groups in total. The molecule has 2 unspecified atom stereocenters. The molecule has 0 radical (unpaired) electrons. The van der Waals surface area contributed by atoms with Crippen molar-refractivity contribution in [2.24, 2.45) is 0 Å². The predicted molar refractivity (Wildman–Crippen MR) is 61.8 cm³/mol. The molecule has 0 aromatic heterocycles. The molecule has 1 aromatic rings. The molecule has 0 saturated heterocycles. The van der Waals surface area contributed by atoms with Gasteiger partial charge < -0.3 is 10.4 Å². The summed E-state index contributed by atoms with van der Waals surface area (Å²) < 4.78 is 13.1. The number of fused-ring (bicyclic) bond motifs is 1. The van der Waals surface area contributed by atoms with Gasteiger partial charge in [-0.25, -0.2) is 4.39 Å². The highest BCUT2D eigenvalue weighted by molar-refractivity contribution is 5.34.